The van der Waals surface area contributed by atoms with Crippen LogP contribution >= 0.6 is 0 Å². The fourth-order valence-corrected chi connectivity index (χ4v) is 9.89. The summed E-state index contributed by atoms with van der Waals surface area (Å²) in [5.41, 5.74) is 15.9. The fourth-order valence-electron chi connectivity index (χ4n) is 9.89. The second-order valence-corrected chi connectivity index (χ2v) is 16.8. The summed E-state index contributed by atoms with van der Waals surface area (Å²) in [5, 5.41) is 9.26. The number of fused-ring (bicyclic) bond motifs is 9. The average molecular weight is 830 g/mol. The molecule has 0 unspecified atom stereocenters. The quantitative estimate of drug-likeness (QED) is 0.160. The molecule has 0 amide bonds. The summed E-state index contributed by atoms with van der Waals surface area (Å²) in [6.07, 6.45) is 0. The molecule has 0 bridgehead atoms. The third-order valence-electron chi connectivity index (χ3n) is 13.1. The number of para-hydroxylation sites is 3. The van der Waals surface area contributed by atoms with E-state index in [4.69, 9.17) is 8.83 Å². The highest BCUT2D eigenvalue weighted by molar-refractivity contribution is 6.18. The largest absolute Gasteiger partial charge is 0.456 e. The minimum atomic E-state index is 0.881. The highest BCUT2D eigenvalue weighted by atomic mass is 16.3. The van der Waals surface area contributed by atoms with Gasteiger partial charge in [0.2, 0.25) is 0 Å². The molecule has 2 heterocycles. The molecule has 0 aliphatic rings. The second-order valence-electron chi connectivity index (χ2n) is 16.8. The molecule has 0 aliphatic carbocycles. The van der Waals surface area contributed by atoms with Crippen LogP contribution in [0.2, 0.25) is 0 Å². The Hall–Kier alpha value is -8.66. The Morgan fingerprint density at radius 1 is 0.262 bits per heavy atom. The first-order chi connectivity index (χ1) is 32.2. The van der Waals surface area contributed by atoms with Gasteiger partial charge in [0.05, 0.1) is 5.69 Å². The monoisotopic (exact) mass is 829 g/mol. The van der Waals surface area contributed by atoms with Crippen LogP contribution in [0.5, 0.6) is 0 Å². The predicted molar refractivity (Wildman–Crippen MR) is 272 cm³/mol. The van der Waals surface area contributed by atoms with Gasteiger partial charge < -0.3 is 13.7 Å². The van der Waals surface area contributed by atoms with Gasteiger partial charge >= 0.3 is 0 Å². The molecule has 0 fully saturated rings. The first kappa shape index (κ1) is 36.9. The van der Waals surface area contributed by atoms with Crippen molar-refractivity contribution in [3.63, 3.8) is 0 Å². The number of benzene rings is 11. The Labute approximate surface area is 375 Å². The van der Waals surface area contributed by atoms with Crippen molar-refractivity contribution in [2.75, 3.05) is 4.90 Å². The molecule has 0 N–H and O–H groups in total. The van der Waals surface area contributed by atoms with E-state index in [9.17, 15) is 0 Å². The molecule has 0 aliphatic heterocycles. The third kappa shape index (κ3) is 6.20. The molecular weight excluding hydrogens is 791 g/mol. The zero-order valence-electron chi connectivity index (χ0n) is 35.3. The van der Waals surface area contributed by atoms with Gasteiger partial charge in [-0.25, -0.2) is 0 Å². The van der Waals surface area contributed by atoms with Crippen molar-refractivity contribution in [2.45, 2.75) is 0 Å². The summed E-state index contributed by atoms with van der Waals surface area (Å²) < 4.78 is 13.1. The van der Waals surface area contributed by atoms with E-state index in [1.54, 1.807) is 0 Å². The van der Waals surface area contributed by atoms with Crippen molar-refractivity contribution in [2.24, 2.45) is 0 Å². The maximum absolute atomic E-state index is 6.91. The average Bonchev–Trinajstić information content (AvgIpc) is 3.96. The highest BCUT2D eigenvalue weighted by Gasteiger charge is 2.21. The SMILES string of the molecule is c1ccc(N(c2ccc(-c3ccc(-c4cccc5ccccc45)cc3)cc2)c2ccc(-c3ccc4oc5ccccc5c4c3)cc2)c(-c2cccc3c2oc2c4ccccc4ccc32)c1. The van der Waals surface area contributed by atoms with E-state index in [1.165, 1.54) is 27.5 Å². The van der Waals surface area contributed by atoms with Gasteiger partial charge in [0, 0.05) is 49.4 Å². The number of rotatable bonds is 7. The van der Waals surface area contributed by atoms with Crippen molar-refractivity contribution in [3.8, 4) is 44.5 Å². The first-order valence-corrected chi connectivity index (χ1v) is 22.1. The Kier molecular flexibility index (Phi) is 8.53. The zero-order chi connectivity index (χ0) is 42.8. The Morgan fingerprint density at radius 3 is 1.55 bits per heavy atom. The van der Waals surface area contributed by atoms with Gasteiger partial charge in [-0.2, -0.15) is 0 Å². The number of furan rings is 2. The van der Waals surface area contributed by atoms with Crippen LogP contribution in [0.1, 0.15) is 0 Å². The standard InChI is InChI=1S/C62H39NO2/c1-3-14-49-43(11-1)13-9-18-50(49)45-25-23-40(24-26-45)41-27-33-47(34-28-41)63(48-35-29-42(30-36-48)46-32-38-60-57(39-46)53-17-6-8-22-59(53)64-60)58-21-7-5-16-52(58)54-19-10-20-55-56-37-31-44-12-2-4-15-51(44)61(56)65-62(54)55/h1-39H. The van der Waals surface area contributed by atoms with Crippen molar-refractivity contribution >= 4 is 82.5 Å². The van der Waals surface area contributed by atoms with Gasteiger partial charge in [0.15, 0.2) is 0 Å². The van der Waals surface area contributed by atoms with Crippen LogP contribution in [0.3, 0.4) is 0 Å². The Morgan fingerprint density at radius 2 is 0.769 bits per heavy atom. The Bertz CT molecular complexity index is 3930. The van der Waals surface area contributed by atoms with Crippen LogP contribution in [0.25, 0.3) is 110 Å². The van der Waals surface area contributed by atoms with Crippen molar-refractivity contribution in [1.82, 2.24) is 0 Å². The normalized spacial score (nSPS) is 11.7. The lowest BCUT2D eigenvalue weighted by molar-refractivity contribution is 0.669. The number of anilines is 3. The summed E-state index contributed by atoms with van der Waals surface area (Å²) in [6, 6.07) is 84.7. The van der Waals surface area contributed by atoms with Crippen LogP contribution in [0.4, 0.5) is 17.1 Å². The topological polar surface area (TPSA) is 29.5 Å². The number of hydrogen-bond donors (Lipinski definition) is 0. The smallest absolute Gasteiger partial charge is 0.143 e. The molecule has 13 aromatic rings. The van der Waals surface area contributed by atoms with E-state index >= 15 is 0 Å². The highest BCUT2D eigenvalue weighted by Crippen LogP contribution is 2.46. The van der Waals surface area contributed by atoms with Crippen molar-refractivity contribution < 1.29 is 8.83 Å². The van der Waals surface area contributed by atoms with Gasteiger partial charge in [-0.1, -0.05) is 182 Å². The van der Waals surface area contributed by atoms with E-state index in [0.29, 0.717) is 0 Å². The summed E-state index contributed by atoms with van der Waals surface area (Å²) in [5.74, 6) is 0. The molecule has 0 spiro atoms. The molecule has 65 heavy (non-hydrogen) atoms. The fraction of sp³-hybridized carbons (Fsp3) is 0. The lowest BCUT2D eigenvalue weighted by atomic mass is 9.96. The van der Waals surface area contributed by atoms with Crippen LogP contribution in [0, 0.1) is 0 Å². The summed E-state index contributed by atoms with van der Waals surface area (Å²) >= 11 is 0. The maximum Gasteiger partial charge on any atom is 0.143 e. The molecular formula is C62H39NO2. The third-order valence-corrected chi connectivity index (χ3v) is 13.1. The van der Waals surface area contributed by atoms with E-state index in [2.05, 4.69) is 229 Å². The van der Waals surface area contributed by atoms with Gasteiger partial charge in [0.1, 0.15) is 22.3 Å². The van der Waals surface area contributed by atoms with Crippen molar-refractivity contribution in [1.29, 1.82) is 0 Å². The summed E-state index contributed by atoms with van der Waals surface area (Å²) in [6.45, 7) is 0. The first-order valence-electron chi connectivity index (χ1n) is 22.1. The summed E-state index contributed by atoms with van der Waals surface area (Å²) in [7, 11) is 0. The molecule has 0 saturated carbocycles. The summed E-state index contributed by atoms with van der Waals surface area (Å²) in [4.78, 5) is 2.37. The van der Waals surface area contributed by atoms with Crippen LogP contribution in [-0.4, -0.2) is 0 Å². The second kappa shape index (κ2) is 15.0. The van der Waals surface area contributed by atoms with Gasteiger partial charge in [-0.3, -0.25) is 0 Å². The molecule has 0 radical (unpaired) electrons. The Balaban J connectivity index is 0.923. The van der Waals surface area contributed by atoms with E-state index in [1.807, 2.05) is 12.1 Å². The molecule has 3 nitrogen and oxygen atoms in total. The number of nitrogens with zero attached hydrogens (tertiary/aromatic N) is 1. The van der Waals surface area contributed by atoms with E-state index < -0.39 is 0 Å². The van der Waals surface area contributed by atoms with E-state index in [-0.39, 0.29) is 0 Å². The van der Waals surface area contributed by atoms with Crippen LogP contribution in [-0.2, 0) is 0 Å². The van der Waals surface area contributed by atoms with Crippen LogP contribution in [0.15, 0.2) is 245 Å². The lowest BCUT2D eigenvalue weighted by Gasteiger charge is -2.28. The minimum Gasteiger partial charge on any atom is -0.456 e. The molecule has 11 aromatic carbocycles. The molecule has 2 aromatic heterocycles. The molecule has 304 valence electrons. The molecule has 0 atom stereocenters. The van der Waals surface area contributed by atoms with Crippen LogP contribution < -0.4 is 4.90 Å². The van der Waals surface area contributed by atoms with Gasteiger partial charge in [-0.15, -0.1) is 0 Å². The van der Waals surface area contributed by atoms with Gasteiger partial charge in [0.25, 0.3) is 0 Å². The maximum atomic E-state index is 6.91. The van der Waals surface area contributed by atoms with E-state index in [0.717, 1.165) is 99.5 Å². The minimum absolute atomic E-state index is 0.881. The molecule has 3 heteroatoms. The van der Waals surface area contributed by atoms with Gasteiger partial charge in [-0.05, 0) is 104 Å². The predicted octanol–water partition coefficient (Wildman–Crippen LogP) is 17.9. The van der Waals surface area contributed by atoms with Crippen molar-refractivity contribution in [3.05, 3.63) is 237 Å². The molecule has 0 saturated heterocycles. The zero-order valence-corrected chi connectivity index (χ0v) is 35.3. The number of hydrogen-bond acceptors (Lipinski definition) is 3. The molecule has 13 rings (SSSR count). The lowest BCUT2D eigenvalue weighted by Crippen LogP contribution is -2.11.